The Labute approximate surface area is 90.4 Å². The summed E-state index contributed by atoms with van der Waals surface area (Å²) in [5.74, 6) is -2.24. The summed E-state index contributed by atoms with van der Waals surface area (Å²) in [5, 5.41) is 17.2. The molecule has 15 heavy (non-hydrogen) atoms. The van der Waals surface area contributed by atoms with Crippen LogP contribution in [0.25, 0.3) is 6.08 Å². The number of hydrogen-bond acceptors (Lipinski definition) is 2. The van der Waals surface area contributed by atoms with Crippen LogP contribution >= 0.6 is 11.6 Å². The molecule has 2 N–H and O–H groups in total. The third-order valence-corrected chi connectivity index (χ3v) is 1.97. The van der Waals surface area contributed by atoms with Gasteiger partial charge in [-0.05, 0) is 23.8 Å². The molecule has 0 unspecified atom stereocenters. The Morgan fingerprint density at radius 1 is 1.27 bits per heavy atom. The molecule has 1 aromatic carbocycles. The van der Waals surface area contributed by atoms with Gasteiger partial charge < -0.3 is 10.2 Å². The monoisotopic (exact) mass is 226 g/mol. The lowest BCUT2D eigenvalue weighted by atomic mass is 10.1. The lowest BCUT2D eigenvalue weighted by molar-refractivity contribution is -0.131. The lowest BCUT2D eigenvalue weighted by Crippen LogP contribution is -1.97. The van der Waals surface area contributed by atoms with E-state index in [4.69, 9.17) is 21.8 Å². The van der Waals surface area contributed by atoms with Crippen LogP contribution in [0.1, 0.15) is 15.9 Å². The van der Waals surface area contributed by atoms with Crippen LogP contribution < -0.4 is 0 Å². The van der Waals surface area contributed by atoms with Crippen LogP contribution in [-0.4, -0.2) is 22.2 Å². The number of aromatic carboxylic acids is 1. The van der Waals surface area contributed by atoms with E-state index in [1.165, 1.54) is 24.3 Å². The van der Waals surface area contributed by atoms with Crippen LogP contribution in [0.15, 0.2) is 24.3 Å². The largest absolute Gasteiger partial charge is 0.478 e. The standard InChI is InChI=1S/C10H7ClO4/c11-8-3-1-6(2-4-9(12)13)5-7(8)10(14)15/h1-5H,(H,12,13)(H,14,15). The molecule has 0 atom stereocenters. The van der Waals surface area contributed by atoms with Crippen molar-refractivity contribution in [1.29, 1.82) is 0 Å². The fourth-order valence-electron chi connectivity index (χ4n) is 0.978. The third-order valence-electron chi connectivity index (χ3n) is 1.64. The summed E-state index contributed by atoms with van der Waals surface area (Å²) >= 11 is 5.63. The fourth-order valence-corrected chi connectivity index (χ4v) is 1.18. The van der Waals surface area contributed by atoms with Crippen molar-refractivity contribution in [1.82, 2.24) is 0 Å². The van der Waals surface area contributed by atoms with Gasteiger partial charge in [0.05, 0.1) is 10.6 Å². The molecule has 5 heteroatoms. The van der Waals surface area contributed by atoms with Gasteiger partial charge in [0.2, 0.25) is 0 Å². The van der Waals surface area contributed by atoms with Crippen molar-refractivity contribution < 1.29 is 19.8 Å². The maximum Gasteiger partial charge on any atom is 0.337 e. The minimum Gasteiger partial charge on any atom is -0.478 e. The lowest BCUT2D eigenvalue weighted by Gasteiger charge is -1.99. The number of carboxylic acid groups (broad SMARTS) is 2. The van der Waals surface area contributed by atoms with Crippen molar-refractivity contribution in [2.45, 2.75) is 0 Å². The molecular weight excluding hydrogens is 220 g/mol. The summed E-state index contributed by atoms with van der Waals surface area (Å²) < 4.78 is 0. The highest BCUT2D eigenvalue weighted by Crippen LogP contribution is 2.18. The minimum absolute atomic E-state index is 0.0517. The van der Waals surface area contributed by atoms with Crippen LogP contribution in [0.5, 0.6) is 0 Å². The summed E-state index contributed by atoms with van der Waals surface area (Å²) in [6.45, 7) is 0. The average Bonchev–Trinajstić information content (AvgIpc) is 2.16. The summed E-state index contributed by atoms with van der Waals surface area (Å²) in [6.07, 6.45) is 2.22. The molecule has 0 spiro atoms. The van der Waals surface area contributed by atoms with Crippen molar-refractivity contribution in [2.24, 2.45) is 0 Å². The molecule has 0 heterocycles. The Balaban J connectivity index is 3.08. The first-order valence-corrected chi connectivity index (χ1v) is 4.32. The Kier molecular flexibility index (Phi) is 3.46. The summed E-state index contributed by atoms with van der Waals surface area (Å²) in [6, 6.07) is 4.25. The van der Waals surface area contributed by atoms with Gasteiger partial charge in [0.25, 0.3) is 0 Å². The highest BCUT2D eigenvalue weighted by atomic mass is 35.5. The summed E-state index contributed by atoms with van der Waals surface area (Å²) in [4.78, 5) is 20.9. The highest BCUT2D eigenvalue weighted by Gasteiger charge is 2.08. The Bertz CT molecular complexity index is 437. The first-order chi connectivity index (χ1) is 7.00. The molecule has 1 aromatic rings. The van der Waals surface area contributed by atoms with E-state index in [1.54, 1.807) is 0 Å². The SMILES string of the molecule is O=C(O)C=Cc1ccc(Cl)c(C(=O)O)c1. The van der Waals surface area contributed by atoms with Crippen LogP contribution in [0.2, 0.25) is 5.02 Å². The normalized spacial score (nSPS) is 10.5. The molecule has 0 aromatic heterocycles. The van der Waals surface area contributed by atoms with E-state index >= 15 is 0 Å². The molecular formula is C10H7ClO4. The molecule has 0 fully saturated rings. The van der Waals surface area contributed by atoms with E-state index in [0.717, 1.165) is 6.08 Å². The quantitative estimate of drug-likeness (QED) is 0.775. The van der Waals surface area contributed by atoms with Gasteiger partial charge in [-0.3, -0.25) is 0 Å². The molecule has 0 bridgehead atoms. The molecule has 0 saturated heterocycles. The van der Waals surface area contributed by atoms with E-state index in [-0.39, 0.29) is 10.6 Å². The number of rotatable bonds is 3. The van der Waals surface area contributed by atoms with Gasteiger partial charge in [0.15, 0.2) is 0 Å². The molecule has 0 radical (unpaired) electrons. The van der Waals surface area contributed by atoms with Gasteiger partial charge in [-0.2, -0.15) is 0 Å². The average molecular weight is 227 g/mol. The van der Waals surface area contributed by atoms with Gasteiger partial charge in [0, 0.05) is 6.08 Å². The van der Waals surface area contributed by atoms with E-state index in [0.29, 0.717) is 5.56 Å². The van der Waals surface area contributed by atoms with Gasteiger partial charge in [0.1, 0.15) is 0 Å². The Morgan fingerprint density at radius 2 is 1.93 bits per heavy atom. The van der Waals surface area contributed by atoms with Crippen LogP contribution in [0, 0.1) is 0 Å². The number of aliphatic carboxylic acids is 1. The maximum atomic E-state index is 10.7. The number of carboxylic acids is 2. The van der Waals surface area contributed by atoms with Gasteiger partial charge >= 0.3 is 11.9 Å². The number of hydrogen-bond donors (Lipinski definition) is 2. The van der Waals surface area contributed by atoms with Crippen molar-refractivity contribution in [3.05, 3.63) is 40.4 Å². The van der Waals surface area contributed by atoms with Gasteiger partial charge in [-0.25, -0.2) is 9.59 Å². The molecule has 0 aliphatic carbocycles. The second-order valence-corrected chi connectivity index (χ2v) is 3.12. The second-order valence-electron chi connectivity index (χ2n) is 2.72. The van der Waals surface area contributed by atoms with Crippen molar-refractivity contribution in [3.8, 4) is 0 Å². The molecule has 0 saturated carbocycles. The summed E-state index contributed by atoms with van der Waals surface area (Å²) in [7, 11) is 0. The Morgan fingerprint density at radius 3 is 2.47 bits per heavy atom. The van der Waals surface area contributed by atoms with Crippen molar-refractivity contribution in [2.75, 3.05) is 0 Å². The maximum absolute atomic E-state index is 10.7. The number of halogens is 1. The molecule has 78 valence electrons. The van der Waals surface area contributed by atoms with Gasteiger partial charge in [-0.15, -0.1) is 0 Å². The van der Waals surface area contributed by atoms with E-state index < -0.39 is 11.9 Å². The molecule has 4 nitrogen and oxygen atoms in total. The predicted octanol–water partition coefficient (Wildman–Crippen LogP) is 2.14. The molecule has 0 aliphatic rings. The number of carbonyl (C=O) groups is 2. The van der Waals surface area contributed by atoms with Crippen LogP contribution in [-0.2, 0) is 4.79 Å². The van der Waals surface area contributed by atoms with E-state index in [1.807, 2.05) is 0 Å². The zero-order chi connectivity index (χ0) is 11.4. The zero-order valence-electron chi connectivity index (χ0n) is 7.48. The molecule has 0 amide bonds. The first-order valence-electron chi connectivity index (χ1n) is 3.94. The molecule has 0 aliphatic heterocycles. The predicted molar refractivity (Wildman–Crippen MR) is 55.1 cm³/mol. The third kappa shape index (κ3) is 3.11. The Hall–Kier alpha value is -1.81. The van der Waals surface area contributed by atoms with E-state index in [9.17, 15) is 9.59 Å². The van der Waals surface area contributed by atoms with Gasteiger partial charge in [-0.1, -0.05) is 17.7 Å². The van der Waals surface area contributed by atoms with Crippen molar-refractivity contribution >= 4 is 29.6 Å². The fraction of sp³-hybridized carbons (Fsp3) is 0. The number of benzene rings is 1. The topological polar surface area (TPSA) is 74.6 Å². The van der Waals surface area contributed by atoms with Crippen LogP contribution in [0.3, 0.4) is 0 Å². The smallest absolute Gasteiger partial charge is 0.337 e. The van der Waals surface area contributed by atoms with Crippen LogP contribution in [0.4, 0.5) is 0 Å². The minimum atomic E-state index is -1.15. The first kappa shape index (κ1) is 11.3. The van der Waals surface area contributed by atoms with Crippen molar-refractivity contribution in [3.63, 3.8) is 0 Å². The van der Waals surface area contributed by atoms with E-state index in [2.05, 4.69) is 0 Å². The second kappa shape index (κ2) is 4.61. The summed E-state index contributed by atoms with van der Waals surface area (Å²) in [5.41, 5.74) is 0.420. The highest BCUT2D eigenvalue weighted by molar-refractivity contribution is 6.33. The zero-order valence-corrected chi connectivity index (χ0v) is 8.23. The molecule has 1 rings (SSSR count).